The lowest BCUT2D eigenvalue weighted by Crippen LogP contribution is -2.33. The van der Waals surface area contributed by atoms with Gasteiger partial charge < -0.3 is 5.32 Å². The summed E-state index contributed by atoms with van der Waals surface area (Å²) < 4.78 is 16.2. The molecular weight excluding hydrogens is 379 g/mol. The monoisotopic (exact) mass is 398 g/mol. The summed E-state index contributed by atoms with van der Waals surface area (Å²) in [6.07, 6.45) is 9.40. The molecule has 7 heteroatoms. The number of nitrogens with one attached hydrogen (secondary N) is 1. The van der Waals surface area contributed by atoms with Crippen molar-refractivity contribution in [3.8, 4) is 5.69 Å². The van der Waals surface area contributed by atoms with Gasteiger partial charge in [-0.3, -0.25) is 4.79 Å². The van der Waals surface area contributed by atoms with Crippen molar-refractivity contribution in [2.45, 2.75) is 38.1 Å². The maximum Gasteiger partial charge on any atom is 0.270 e. The van der Waals surface area contributed by atoms with E-state index in [4.69, 9.17) is 11.6 Å². The molecule has 4 rings (SSSR count). The predicted molar refractivity (Wildman–Crippen MR) is 105 cm³/mol. The van der Waals surface area contributed by atoms with Gasteiger partial charge >= 0.3 is 0 Å². The Morgan fingerprint density at radius 3 is 2.79 bits per heavy atom. The molecule has 1 N–H and O–H groups in total. The lowest BCUT2D eigenvalue weighted by atomic mass is 10.0. The average Bonchev–Trinajstić information content (AvgIpc) is 3.39. The largest absolute Gasteiger partial charge is 0.348 e. The number of benzene rings is 1. The Bertz CT molecular complexity index is 984. The van der Waals surface area contributed by atoms with Crippen molar-refractivity contribution < 1.29 is 9.18 Å². The molecule has 0 bridgehead atoms. The van der Waals surface area contributed by atoms with Crippen LogP contribution >= 0.6 is 11.6 Å². The minimum Gasteiger partial charge on any atom is -0.348 e. The van der Waals surface area contributed by atoms with Crippen LogP contribution < -0.4 is 5.32 Å². The second-order valence-corrected chi connectivity index (χ2v) is 7.43. The molecule has 5 nitrogen and oxygen atoms in total. The first kappa shape index (κ1) is 18.6. The molecule has 0 unspecified atom stereocenters. The zero-order valence-corrected chi connectivity index (χ0v) is 16.0. The Kier molecular flexibility index (Phi) is 5.39. The number of pyridine rings is 1. The van der Waals surface area contributed by atoms with E-state index >= 15 is 0 Å². The molecule has 1 aliphatic rings. The standard InChI is InChI=1S/C21H20ClFN4O/c22-18-13-24-20(21(28)26-16-4-1-2-5-16)11-15(18)10-14-6-7-17(12-19(14)23)27-9-3-8-25-27/h3,6-9,11-13,16H,1-2,4-5,10H2,(H,26,28). The van der Waals surface area contributed by atoms with Gasteiger partial charge in [0, 0.05) is 31.1 Å². The van der Waals surface area contributed by atoms with Crippen molar-refractivity contribution >= 4 is 17.5 Å². The van der Waals surface area contributed by atoms with Crippen LogP contribution in [0.4, 0.5) is 4.39 Å². The first-order chi connectivity index (χ1) is 13.6. The fourth-order valence-corrected chi connectivity index (χ4v) is 3.69. The third-order valence-corrected chi connectivity index (χ3v) is 5.38. The number of halogens is 2. The van der Waals surface area contributed by atoms with Crippen LogP contribution in [-0.4, -0.2) is 26.7 Å². The van der Waals surface area contributed by atoms with E-state index in [2.05, 4.69) is 15.4 Å². The summed E-state index contributed by atoms with van der Waals surface area (Å²) in [4.78, 5) is 16.6. The van der Waals surface area contributed by atoms with E-state index in [1.165, 1.54) is 12.3 Å². The quantitative estimate of drug-likeness (QED) is 0.696. The first-order valence-electron chi connectivity index (χ1n) is 9.34. The minimum absolute atomic E-state index is 0.209. The molecule has 144 valence electrons. The topological polar surface area (TPSA) is 59.8 Å². The smallest absolute Gasteiger partial charge is 0.270 e. The molecule has 0 atom stereocenters. The zero-order chi connectivity index (χ0) is 19.5. The van der Waals surface area contributed by atoms with Crippen molar-refractivity contribution in [1.29, 1.82) is 0 Å². The van der Waals surface area contributed by atoms with Gasteiger partial charge in [-0.05, 0) is 48.2 Å². The van der Waals surface area contributed by atoms with Gasteiger partial charge in [0.05, 0.1) is 10.7 Å². The van der Waals surface area contributed by atoms with E-state index in [9.17, 15) is 9.18 Å². The Morgan fingerprint density at radius 2 is 2.07 bits per heavy atom. The lowest BCUT2D eigenvalue weighted by Gasteiger charge is -2.13. The molecule has 1 aromatic carbocycles. The molecule has 1 saturated carbocycles. The van der Waals surface area contributed by atoms with Crippen molar-refractivity contribution in [2.75, 3.05) is 0 Å². The van der Waals surface area contributed by atoms with E-state index in [0.29, 0.717) is 27.5 Å². The number of hydrogen-bond acceptors (Lipinski definition) is 3. The van der Waals surface area contributed by atoms with Crippen molar-refractivity contribution in [1.82, 2.24) is 20.1 Å². The van der Waals surface area contributed by atoms with Crippen molar-refractivity contribution in [3.05, 3.63) is 76.6 Å². The van der Waals surface area contributed by atoms with Crippen LogP contribution in [0.3, 0.4) is 0 Å². The number of carbonyl (C=O) groups is 1. The van der Waals surface area contributed by atoms with Gasteiger partial charge in [-0.2, -0.15) is 5.10 Å². The predicted octanol–water partition coefficient (Wildman–Crippen LogP) is 4.32. The molecule has 3 aromatic rings. The van der Waals surface area contributed by atoms with Crippen LogP contribution in [-0.2, 0) is 6.42 Å². The van der Waals surface area contributed by atoms with E-state index < -0.39 is 0 Å². The van der Waals surface area contributed by atoms with Gasteiger partial charge in [-0.1, -0.05) is 30.5 Å². The molecule has 0 aliphatic heterocycles. The second-order valence-electron chi connectivity index (χ2n) is 7.02. The Hall–Kier alpha value is -2.73. The maximum atomic E-state index is 14.6. The fourth-order valence-electron chi connectivity index (χ4n) is 3.52. The Labute approximate surface area is 167 Å². The Balaban J connectivity index is 1.53. The van der Waals surface area contributed by atoms with Gasteiger partial charge in [-0.25, -0.2) is 14.1 Å². The summed E-state index contributed by atoms with van der Waals surface area (Å²) in [6, 6.07) is 8.58. The van der Waals surface area contributed by atoms with E-state index in [0.717, 1.165) is 25.7 Å². The average molecular weight is 399 g/mol. The Morgan fingerprint density at radius 1 is 1.25 bits per heavy atom. The number of rotatable bonds is 5. The van der Waals surface area contributed by atoms with Crippen LogP contribution in [0.5, 0.6) is 0 Å². The summed E-state index contributed by atoms with van der Waals surface area (Å²) in [6.45, 7) is 0. The zero-order valence-electron chi connectivity index (χ0n) is 15.2. The summed E-state index contributed by atoms with van der Waals surface area (Å²) in [5.41, 5.74) is 2.11. The minimum atomic E-state index is -0.349. The van der Waals surface area contributed by atoms with Crippen LogP contribution in [0.1, 0.15) is 47.3 Å². The van der Waals surface area contributed by atoms with Crippen LogP contribution in [0.15, 0.2) is 48.9 Å². The number of aromatic nitrogens is 3. The maximum absolute atomic E-state index is 14.6. The highest BCUT2D eigenvalue weighted by atomic mass is 35.5. The van der Waals surface area contributed by atoms with E-state index in [1.54, 1.807) is 41.3 Å². The molecule has 1 aliphatic carbocycles. The molecule has 2 heterocycles. The first-order valence-corrected chi connectivity index (χ1v) is 9.71. The molecule has 0 radical (unpaired) electrons. The molecule has 1 amide bonds. The lowest BCUT2D eigenvalue weighted by molar-refractivity contribution is 0.0932. The number of amides is 1. The molecule has 0 spiro atoms. The highest BCUT2D eigenvalue weighted by Crippen LogP contribution is 2.23. The van der Waals surface area contributed by atoms with Gasteiger partial charge in [0.25, 0.3) is 5.91 Å². The molecule has 1 fully saturated rings. The summed E-state index contributed by atoms with van der Waals surface area (Å²) in [7, 11) is 0. The highest BCUT2D eigenvalue weighted by molar-refractivity contribution is 6.31. The van der Waals surface area contributed by atoms with Gasteiger partial charge in [-0.15, -0.1) is 0 Å². The van der Waals surface area contributed by atoms with Crippen molar-refractivity contribution in [3.63, 3.8) is 0 Å². The SMILES string of the molecule is O=C(NC1CCCC1)c1cc(Cc2ccc(-n3cccn3)cc2F)c(Cl)cn1. The van der Waals surface area contributed by atoms with Gasteiger partial charge in [0.15, 0.2) is 0 Å². The third kappa shape index (κ3) is 4.07. The number of carbonyl (C=O) groups excluding carboxylic acids is 1. The van der Waals surface area contributed by atoms with Crippen LogP contribution in [0, 0.1) is 5.82 Å². The molecule has 0 saturated heterocycles. The fraction of sp³-hybridized carbons (Fsp3) is 0.286. The summed E-state index contributed by atoms with van der Waals surface area (Å²) in [5.74, 6) is -0.558. The normalized spacial score (nSPS) is 14.4. The van der Waals surface area contributed by atoms with E-state index in [-0.39, 0.29) is 24.2 Å². The van der Waals surface area contributed by atoms with Crippen molar-refractivity contribution in [2.24, 2.45) is 0 Å². The van der Waals surface area contributed by atoms with Gasteiger partial charge in [0.1, 0.15) is 11.5 Å². The second kappa shape index (κ2) is 8.10. The third-order valence-electron chi connectivity index (χ3n) is 5.04. The van der Waals surface area contributed by atoms with Gasteiger partial charge in [0.2, 0.25) is 0 Å². The summed E-state index contributed by atoms with van der Waals surface area (Å²) >= 11 is 6.26. The van der Waals surface area contributed by atoms with Crippen LogP contribution in [0.25, 0.3) is 5.69 Å². The number of nitrogens with zero attached hydrogens (tertiary/aromatic N) is 3. The molecule has 28 heavy (non-hydrogen) atoms. The molecule has 2 aromatic heterocycles. The number of hydrogen-bond donors (Lipinski definition) is 1. The molecular formula is C21H20ClFN4O. The highest BCUT2D eigenvalue weighted by Gasteiger charge is 2.19. The van der Waals surface area contributed by atoms with Crippen LogP contribution in [0.2, 0.25) is 5.02 Å². The van der Waals surface area contributed by atoms with E-state index in [1.807, 2.05) is 0 Å². The summed E-state index contributed by atoms with van der Waals surface area (Å²) in [5, 5.41) is 7.53.